The maximum atomic E-state index is 12.2. The summed E-state index contributed by atoms with van der Waals surface area (Å²) < 4.78 is 0. The normalized spacial score (nSPS) is 12.4. The minimum absolute atomic E-state index is 0.152. The molecule has 2 rings (SSSR count). The van der Waals surface area contributed by atoms with Crippen LogP contribution in [-0.2, 0) is 6.42 Å². The van der Waals surface area contributed by atoms with Crippen LogP contribution in [0, 0.1) is 5.92 Å². The summed E-state index contributed by atoms with van der Waals surface area (Å²) in [5.41, 5.74) is 2.18. The summed E-state index contributed by atoms with van der Waals surface area (Å²) in [5.74, 6) is 0.326. The summed E-state index contributed by atoms with van der Waals surface area (Å²) in [4.78, 5) is 12.2. The van der Waals surface area contributed by atoms with E-state index >= 15 is 0 Å². The fourth-order valence-electron chi connectivity index (χ4n) is 2.20. The van der Waals surface area contributed by atoms with Crippen LogP contribution in [0.5, 0.6) is 0 Å². The van der Waals surface area contributed by atoms with Crippen molar-refractivity contribution in [3.63, 3.8) is 0 Å². The Kier molecular flexibility index (Phi) is 5.72. The van der Waals surface area contributed by atoms with Crippen LogP contribution in [0.15, 0.2) is 36.4 Å². The molecule has 1 atom stereocenters. The molecule has 5 nitrogen and oxygen atoms in total. The third kappa shape index (κ3) is 4.43. The molecule has 0 bridgehead atoms. The number of hydrogen-bond donors (Lipinski definition) is 3. The molecule has 118 valence electrons. The van der Waals surface area contributed by atoms with Gasteiger partial charge in [-0.05, 0) is 30.4 Å². The second-order valence-electron chi connectivity index (χ2n) is 5.83. The molecule has 1 heterocycles. The lowest BCUT2D eigenvalue weighted by molar-refractivity contribution is 0.0911. The average Bonchev–Trinajstić information content (AvgIpc) is 3.00. The molecule has 0 aliphatic carbocycles. The molecule has 2 aromatic rings. The third-order valence-corrected chi connectivity index (χ3v) is 3.54. The molecular weight excluding hydrogens is 278 g/mol. The van der Waals surface area contributed by atoms with Gasteiger partial charge in [0.25, 0.3) is 5.91 Å². The average molecular weight is 301 g/mol. The smallest absolute Gasteiger partial charge is 0.272 e. The van der Waals surface area contributed by atoms with Crippen molar-refractivity contribution in [2.24, 2.45) is 5.92 Å². The first-order valence-corrected chi connectivity index (χ1v) is 7.61. The molecule has 0 fully saturated rings. The van der Waals surface area contributed by atoms with Gasteiger partial charge in [-0.3, -0.25) is 9.89 Å². The van der Waals surface area contributed by atoms with Crippen LogP contribution in [0.3, 0.4) is 0 Å². The lowest BCUT2D eigenvalue weighted by Gasteiger charge is -2.15. The van der Waals surface area contributed by atoms with Crippen molar-refractivity contribution in [2.45, 2.75) is 32.7 Å². The van der Waals surface area contributed by atoms with Crippen LogP contribution in [0.1, 0.15) is 48.1 Å². The van der Waals surface area contributed by atoms with Crippen molar-refractivity contribution >= 4 is 5.91 Å². The quantitative estimate of drug-likeness (QED) is 0.735. The Morgan fingerprint density at radius 3 is 2.68 bits per heavy atom. The molecule has 0 aliphatic heterocycles. The molecule has 0 aliphatic rings. The van der Waals surface area contributed by atoms with Crippen LogP contribution in [0.4, 0.5) is 0 Å². The monoisotopic (exact) mass is 301 g/mol. The Balaban J connectivity index is 1.99. The largest absolute Gasteiger partial charge is 0.394 e. The van der Waals surface area contributed by atoms with E-state index in [4.69, 9.17) is 0 Å². The van der Waals surface area contributed by atoms with Gasteiger partial charge in [-0.1, -0.05) is 44.2 Å². The number of aliphatic hydroxyl groups is 1. The van der Waals surface area contributed by atoms with Gasteiger partial charge in [-0.15, -0.1) is 0 Å². The lowest BCUT2D eigenvalue weighted by Crippen LogP contribution is -2.31. The van der Waals surface area contributed by atoms with Crippen LogP contribution in [0.2, 0.25) is 0 Å². The maximum Gasteiger partial charge on any atom is 0.272 e. The minimum Gasteiger partial charge on any atom is -0.394 e. The number of carbonyl (C=O) groups excluding carboxylic acids is 1. The van der Waals surface area contributed by atoms with Gasteiger partial charge in [-0.2, -0.15) is 5.10 Å². The number of nitrogens with one attached hydrogen (secondary N) is 2. The molecule has 0 radical (unpaired) electrons. The van der Waals surface area contributed by atoms with Crippen LogP contribution in [0.25, 0.3) is 0 Å². The van der Waals surface area contributed by atoms with Gasteiger partial charge in [0.1, 0.15) is 5.69 Å². The first-order chi connectivity index (χ1) is 10.6. The summed E-state index contributed by atoms with van der Waals surface area (Å²) in [6.45, 7) is 4.17. The Morgan fingerprint density at radius 1 is 1.32 bits per heavy atom. The Labute approximate surface area is 130 Å². The van der Waals surface area contributed by atoms with Crippen LogP contribution < -0.4 is 5.32 Å². The number of aryl methyl sites for hydroxylation is 1. The predicted molar refractivity (Wildman–Crippen MR) is 85.5 cm³/mol. The fourth-order valence-corrected chi connectivity index (χ4v) is 2.20. The first-order valence-electron chi connectivity index (χ1n) is 7.61. The second kappa shape index (κ2) is 7.75. The molecule has 22 heavy (non-hydrogen) atoms. The van der Waals surface area contributed by atoms with Crippen molar-refractivity contribution in [3.8, 4) is 0 Å². The number of H-pyrrole nitrogens is 1. The maximum absolute atomic E-state index is 12.2. The molecule has 0 saturated heterocycles. The van der Waals surface area contributed by atoms with Crippen molar-refractivity contribution < 1.29 is 9.90 Å². The molecule has 0 saturated carbocycles. The van der Waals surface area contributed by atoms with Gasteiger partial charge in [0.15, 0.2) is 0 Å². The number of aromatic nitrogens is 2. The molecule has 1 aromatic heterocycles. The van der Waals surface area contributed by atoms with Gasteiger partial charge in [0.05, 0.1) is 12.6 Å². The topological polar surface area (TPSA) is 78.0 Å². The van der Waals surface area contributed by atoms with E-state index in [2.05, 4.69) is 29.4 Å². The number of rotatable bonds is 7. The number of nitrogens with zero attached hydrogens (tertiary/aromatic N) is 1. The highest BCUT2D eigenvalue weighted by molar-refractivity contribution is 5.92. The molecule has 1 unspecified atom stereocenters. The van der Waals surface area contributed by atoms with Gasteiger partial charge >= 0.3 is 0 Å². The summed E-state index contributed by atoms with van der Waals surface area (Å²) in [7, 11) is 0. The number of aromatic amines is 1. The fraction of sp³-hybridized carbons (Fsp3) is 0.412. The Bertz CT molecular complexity index is 593. The molecule has 3 N–H and O–H groups in total. The number of aliphatic hydroxyl groups excluding tert-OH is 1. The Morgan fingerprint density at radius 2 is 2.05 bits per heavy atom. The summed E-state index contributed by atoms with van der Waals surface area (Å²) in [5, 5.41) is 19.2. The molecule has 1 aromatic carbocycles. The van der Waals surface area contributed by atoms with Crippen molar-refractivity contribution in [3.05, 3.63) is 53.3 Å². The standard InChI is InChI=1S/C17H23N3O2/c1-12(2)8-9-14-10-15(20-19-14)17(22)18-16(11-21)13-6-4-3-5-7-13/h3-7,10,12,16,21H,8-9,11H2,1-2H3,(H,18,22)(H,19,20). The van der Waals surface area contributed by atoms with Gasteiger partial charge in [0, 0.05) is 5.69 Å². The highest BCUT2D eigenvalue weighted by Crippen LogP contribution is 2.13. The van der Waals surface area contributed by atoms with E-state index in [0.717, 1.165) is 24.1 Å². The van der Waals surface area contributed by atoms with E-state index in [0.29, 0.717) is 11.6 Å². The SMILES string of the molecule is CC(C)CCc1cc(C(=O)NC(CO)c2ccccc2)n[nH]1. The van der Waals surface area contributed by atoms with E-state index in [1.165, 1.54) is 0 Å². The summed E-state index contributed by atoms with van der Waals surface area (Å²) >= 11 is 0. The summed E-state index contributed by atoms with van der Waals surface area (Å²) in [6.07, 6.45) is 1.92. The zero-order valence-corrected chi connectivity index (χ0v) is 13.0. The zero-order valence-electron chi connectivity index (χ0n) is 13.0. The molecule has 5 heteroatoms. The second-order valence-corrected chi connectivity index (χ2v) is 5.83. The molecule has 1 amide bonds. The van der Waals surface area contributed by atoms with Gasteiger partial charge < -0.3 is 10.4 Å². The molecular formula is C17H23N3O2. The van der Waals surface area contributed by atoms with Crippen molar-refractivity contribution in [1.29, 1.82) is 0 Å². The van der Waals surface area contributed by atoms with E-state index < -0.39 is 6.04 Å². The third-order valence-electron chi connectivity index (χ3n) is 3.54. The molecule has 0 spiro atoms. The minimum atomic E-state index is -0.426. The van der Waals surface area contributed by atoms with Crippen molar-refractivity contribution in [1.82, 2.24) is 15.5 Å². The predicted octanol–water partition coefficient (Wildman–Crippen LogP) is 2.46. The van der Waals surface area contributed by atoms with E-state index in [-0.39, 0.29) is 12.5 Å². The van der Waals surface area contributed by atoms with E-state index in [1.807, 2.05) is 30.3 Å². The number of hydrogen-bond acceptors (Lipinski definition) is 3. The Hall–Kier alpha value is -2.14. The highest BCUT2D eigenvalue weighted by atomic mass is 16.3. The van der Waals surface area contributed by atoms with Crippen LogP contribution in [-0.4, -0.2) is 27.8 Å². The number of carbonyl (C=O) groups is 1. The van der Waals surface area contributed by atoms with E-state index in [9.17, 15) is 9.90 Å². The van der Waals surface area contributed by atoms with Gasteiger partial charge in [-0.25, -0.2) is 0 Å². The van der Waals surface area contributed by atoms with Crippen molar-refractivity contribution in [2.75, 3.05) is 6.61 Å². The number of benzene rings is 1. The van der Waals surface area contributed by atoms with Gasteiger partial charge in [0.2, 0.25) is 0 Å². The van der Waals surface area contributed by atoms with E-state index in [1.54, 1.807) is 6.07 Å². The highest BCUT2D eigenvalue weighted by Gasteiger charge is 2.17. The summed E-state index contributed by atoms with van der Waals surface area (Å²) in [6, 6.07) is 10.8. The first kappa shape index (κ1) is 16.2. The number of amides is 1. The van der Waals surface area contributed by atoms with Crippen LogP contribution >= 0.6 is 0 Å². The lowest BCUT2D eigenvalue weighted by atomic mass is 10.1. The zero-order chi connectivity index (χ0) is 15.9.